The fourth-order valence-electron chi connectivity index (χ4n) is 1.42. The van der Waals surface area contributed by atoms with Gasteiger partial charge in [-0.25, -0.2) is 18.4 Å². The smallest absolute Gasteiger partial charge is 0.344 e. The van der Waals surface area contributed by atoms with Gasteiger partial charge < -0.3 is 10.1 Å². The van der Waals surface area contributed by atoms with E-state index in [0.717, 1.165) is 18.2 Å². The Morgan fingerprint density at radius 1 is 1.23 bits per heavy atom. The Balaban J connectivity index is 2.51. The number of esters is 1. The van der Waals surface area contributed by atoms with Gasteiger partial charge >= 0.3 is 12.0 Å². The highest BCUT2D eigenvalue weighted by atomic mass is 19.1. The lowest BCUT2D eigenvalue weighted by Crippen LogP contribution is -2.44. The Labute approximate surface area is 125 Å². The third-order valence-corrected chi connectivity index (χ3v) is 2.74. The topological polar surface area (TPSA) is 84.5 Å². The van der Waals surface area contributed by atoms with Crippen molar-refractivity contribution in [2.24, 2.45) is 0 Å². The van der Waals surface area contributed by atoms with Crippen LogP contribution in [0.2, 0.25) is 0 Å². The van der Waals surface area contributed by atoms with Gasteiger partial charge in [0, 0.05) is 6.04 Å². The number of carbonyl (C=O) groups excluding carboxylic acids is 3. The highest BCUT2D eigenvalue weighted by molar-refractivity contribution is 5.97. The molecule has 2 N–H and O–H groups in total. The summed E-state index contributed by atoms with van der Waals surface area (Å²) in [4.78, 5) is 34.3. The Hall–Kier alpha value is -2.51. The molecule has 1 aromatic carbocycles. The zero-order valence-corrected chi connectivity index (χ0v) is 12.1. The normalized spacial score (nSPS) is 11.5. The predicted octanol–water partition coefficient (Wildman–Crippen LogP) is 1.75. The molecule has 0 heterocycles. The van der Waals surface area contributed by atoms with Crippen LogP contribution in [0.4, 0.5) is 13.6 Å². The number of hydrogen-bond acceptors (Lipinski definition) is 4. The second-order valence-electron chi connectivity index (χ2n) is 4.50. The first kappa shape index (κ1) is 17.5. The van der Waals surface area contributed by atoms with Crippen LogP contribution < -0.4 is 10.6 Å². The Morgan fingerprint density at radius 2 is 1.82 bits per heavy atom. The van der Waals surface area contributed by atoms with Crippen LogP contribution in [0.25, 0.3) is 0 Å². The van der Waals surface area contributed by atoms with Gasteiger partial charge in [0.2, 0.25) is 0 Å². The van der Waals surface area contributed by atoms with Gasteiger partial charge in [-0.05, 0) is 25.5 Å². The van der Waals surface area contributed by atoms with E-state index < -0.39 is 41.7 Å². The summed E-state index contributed by atoms with van der Waals surface area (Å²) in [6.07, 6.45) is 0.670. The highest BCUT2D eigenvalue weighted by Crippen LogP contribution is 2.13. The Kier molecular flexibility index (Phi) is 6.43. The summed E-state index contributed by atoms with van der Waals surface area (Å²) < 4.78 is 31.1. The van der Waals surface area contributed by atoms with Crippen molar-refractivity contribution in [1.82, 2.24) is 10.6 Å². The van der Waals surface area contributed by atoms with Crippen molar-refractivity contribution in [3.8, 4) is 0 Å². The maximum atomic E-state index is 13.3. The van der Waals surface area contributed by atoms with E-state index in [9.17, 15) is 23.2 Å². The summed E-state index contributed by atoms with van der Waals surface area (Å²) in [6.45, 7) is 2.75. The molecule has 1 rings (SSSR count). The van der Waals surface area contributed by atoms with Crippen LogP contribution in [0.3, 0.4) is 0 Å². The second-order valence-corrected chi connectivity index (χ2v) is 4.50. The maximum absolute atomic E-state index is 13.3. The summed E-state index contributed by atoms with van der Waals surface area (Å²) in [7, 11) is 0. The summed E-state index contributed by atoms with van der Waals surface area (Å²) in [5.41, 5.74) is -0.889. The average molecular weight is 314 g/mol. The fourth-order valence-corrected chi connectivity index (χ4v) is 1.42. The van der Waals surface area contributed by atoms with Crippen molar-refractivity contribution in [2.75, 3.05) is 6.61 Å². The largest absolute Gasteiger partial charge is 0.452 e. The molecule has 1 atom stereocenters. The lowest BCUT2D eigenvalue weighted by Gasteiger charge is -2.12. The van der Waals surface area contributed by atoms with Gasteiger partial charge in [-0.2, -0.15) is 0 Å². The van der Waals surface area contributed by atoms with E-state index in [1.165, 1.54) is 0 Å². The minimum Gasteiger partial charge on any atom is -0.452 e. The van der Waals surface area contributed by atoms with Crippen LogP contribution in [0.5, 0.6) is 0 Å². The Bertz CT molecular complexity index is 558. The van der Waals surface area contributed by atoms with Crippen molar-refractivity contribution in [3.05, 3.63) is 35.4 Å². The number of benzene rings is 1. The molecule has 0 unspecified atom stereocenters. The van der Waals surface area contributed by atoms with Crippen LogP contribution in [-0.2, 0) is 9.53 Å². The number of urea groups is 1. The molecule has 6 nitrogen and oxygen atoms in total. The van der Waals surface area contributed by atoms with Gasteiger partial charge in [0.25, 0.3) is 5.91 Å². The summed E-state index contributed by atoms with van der Waals surface area (Å²) in [6, 6.07) is 1.99. The monoisotopic (exact) mass is 314 g/mol. The van der Waals surface area contributed by atoms with Crippen molar-refractivity contribution in [3.63, 3.8) is 0 Å². The van der Waals surface area contributed by atoms with Gasteiger partial charge in [-0.3, -0.25) is 10.1 Å². The fraction of sp³-hybridized carbons (Fsp3) is 0.357. The molecule has 0 aliphatic heterocycles. The molecule has 120 valence electrons. The number of halogens is 2. The first-order valence-corrected chi connectivity index (χ1v) is 6.56. The molecule has 0 spiro atoms. The van der Waals surface area contributed by atoms with E-state index in [1.807, 2.05) is 12.2 Å². The number of amides is 3. The minimum atomic E-state index is -1.33. The van der Waals surface area contributed by atoms with E-state index in [-0.39, 0.29) is 6.04 Å². The van der Waals surface area contributed by atoms with E-state index in [1.54, 1.807) is 6.92 Å². The number of rotatable bonds is 5. The van der Waals surface area contributed by atoms with Gasteiger partial charge in [0.15, 0.2) is 6.61 Å². The molecule has 0 saturated heterocycles. The van der Waals surface area contributed by atoms with E-state index in [2.05, 4.69) is 10.1 Å². The third-order valence-electron chi connectivity index (χ3n) is 2.74. The van der Waals surface area contributed by atoms with Crippen LogP contribution in [0.1, 0.15) is 30.6 Å². The van der Waals surface area contributed by atoms with E-state index in [4.69, 9.17) is 0 Å². The molecule has 0 radical (unpaired) electrons. The first-order valence-electron chi connectivity index (χ1n) is 6.56. The van der Waals surface area contributed by atoms with Gasteiger partial charge in [0.1, 0.15) is 17.2 Å². The van der Waals surface area contributed by atoms with Gasteiger partial charge in [0.05, 0.1) is 0 Å². The summed E-state index contributed by atoms with van der Waals surface area (Å²) in [5.74, 6) is -4.43. The highest BCUT2D eigenvalue weighted by Gasteiger charge is 2.20. The minimum absolute atomic E-state index is 0.136. The standard InChI is InChI=1S/C14H16F2N2O4/c1-3-8(2)17-14(21)18-11(19)7-22-13(20)12-9(15)5-4-6-10(12)16/h4-6,8H,3,7H2,1-2H3,(H2,17,18,19,21)/t8-/m0/s1. The predicted molar refractivity (Wildman–Crippen MR) is 73.1 cm³/mol. The maximum Gasteiger partial charge on any atom is 0.344 e. The van der Waals surface area contributed by atoms with Crippen molar-refractivity contribution in [1.29, 1.82) is 0 Å². The van der Waals surface area contributed by atoms with E-state index >= 15 is 0 Å². The molecule has 0 aliphatic carbocycles. The van der Waals surface area contributed by atoms with Gasteiger partial charge in [-0.1, -0.05) is 13.0 Å². The summed E-state index contributed by atoms with van der Waals surface area (Å²) >= 11 is 0. The number of carbonyl (C=O) groups is 3. The van der Waals surface area contributed by atoms with Crippen LogP contribution >= 0.6 is 0 Å². The quantitative estimate of drug-likeness (QED) is 0.811. The molecule has 3 amide bonds. The third kappa shape index (κ3) is 5.12. The van der Waals surface area contributed by atoms with Gasteiger partial charge in [-0.15, -0.1) is 0 Å². The molecule has 0 aromatic heterocycles. The molecule has 0 aliphatic rings. The van der Waals surface area contributed by atoms with Crippen LogP contribution in [0, 0.1) is 11.6 Å². The molecule has 0 saturated carbocycles. The summed E-state index contributed by atoms with van der Waals surface area (Å²) in [5, 5.41) is 4.39. The first-order chi connectivity index (χ1) is 10.3. The molecular formula is C14H16F2N2O4. The molecular weight excluding hydrogens is 298 g/mol. The van der Waals surface area contributed by atoms with Crippen molar-refractivity contribution >= 4 is 17.9 Å². The average Bonchev–Trinajstić information content (AvgIpc) is 2.44. The molecule has 22 heavy (non-hydrogen) atoms. The zero-order chi connectivity index (χ0) is 16.7. The zero-order valence-electron chi connectivity index (χ0n) is 12.1. The Morgan fingerprint density at radius 3 is 2.36 bits per heavy atom. The van der Waals surface area contributed by atoms with Crippen LogP contribution in [-0.4, -0.2) is 30.6 Å². The lowest BCUT2D eigenvalue weighted by molar-refractivity contribution is -0.123. The number of imide groups is 1. The number of hydrogen-bond donors (Lipinski definition) is 2. The number of nitrogens with one attached hydrogen (secondary N) is 2. The SMILES string of the molecule is CC[C@H](C)NC(=O)NC(=O)COC(=O)c1c(F)cccc1F. The lowest BCUT2D eigenvalue weighted by atomic mass is 10.2. The second kappa shape index (κ2) is 8.06. The van der Waals surface area contributed by atoms with Crippen LogP contribution in [0.15, 0.2) is 18.2 Å². The molecule has 0 fully saturated rings. The molecule has 8 heteroatoms. The molecule has 1 aromatic rings. The van der Waals surface area contributed by atoms with E-state index in [0.29, 0.717) is 6.42 Å². The van der Waals surface area contributed by atoms with Crippen molar-refractivity contribution < 1.29 is 27.9 Å². The molecule has 0 bridgehead atoms. The number of ether oxygens (including phenoxy) is 1. The van der Waals surface area contributed by atoms with Crippen molar-refractivity contribution in [2.45, 2.75) is 26.3 Å².